The number of nitrogens with zero attached hydrogens (tertiary/aromatic N) is 1. The molecule has 5 nitrogen and oxygen atoms in total. The van der Waals surface area contributed by atoms with Gasteiger partial charge in [-0.15, -0.1) is 11.8 Å². The van der Waals surface area contributed by atoms with Crippen molar-refractivity contribution in [2.75, 3.05) is 18.2 Å². The van der Waals surface area contributed by atoms with Gasteiger partial charge in [0.2, 0.25) is 0 Å². The highest BCUT2D eigenvalue weighted by Gasteiger charge is 2.36. The van der Waals surface area contributed by atoms with E-state index in [1.54, 1.807) is 0 Å². The molecule has 18 heavy (non-hydrogen) atoms. The van der Waals surface area contributed by atoms with Gasteiger partial charge in [-0.1, -0.05) is 19.8 Å². The molecule has 2 aliphatic rings. The number of thioether (sulfide) groups is 1. The van der Waals surface area contributed by atoms with Crippen LogP contribution in [0.4, 0.5) is 4.79 Å². The van der Waals surface area contributed by atoms with Gasteiger partial charge in [0.15, 0.2) is 0 Å². The number of amides is 2. The SMILES string of the molecule is CC1(CNC(=O)N2CSC[C@@H]2C(=O)O)CCCC1. The Labute approximate surface area is 111 Å². The summed E-state index contributed by atoms with van der Waals surface area (Å²) in [5.74, 6) is 0.0433. The highest BCUT2D eigenvalue weighted by Crippen LogP contribution is 2.36. The minimum atomic E-state index is -0.915. The number of carbonyl (C=O) groups is 2. The number of hydrogen-bond donors (Lipinski definition) is 2. The minimum Gasteiger partial charge on any atom is -0.480 e. The predicted molar refractivity (Wildman–Crippen MR) is 70.6 cm³/mol. The van der Waals surface area contributed by atoms with Crippen LogP contribution in [-0.4, -0.2) is 46.2 Å². The molecule has 0 radical (unpaired) electrons. The maximum absolute atomic E-state index is 12.0. The molecular formula is C12H20N2O3S. The largest absolute Gasteiger partial charge is 0.480 e. The molecular weight excluding hydrogens is 252 g/mol. The van der Waals surface area contributed by atoms with Crippen LogP contribution in [0.1, 0.15) is 32.6 Å². The molecule has 2 amide bonds. The summed E-state index contributed by atoms with van der Waals surface area (Å²) in [5, 5.41) is 11.9. The average molecular weight is 272 g/mol. The Morgan fingerprint density at radius 3 is 2.72 bits per heavy atom. The first kappa shape index (κ1) is 13.5. The van der Waals surface area contributed by atoms with Crippen molar-refractivity contribution in [3.8, 4) is 0 Å². The number of carboxylic acids is 1. The van der Waals surface area contributed by atoms with Gasteiger partial charge >= 0.3 is 12.0 Å². The molecule has 1 aliphatic carbocycles. The molecule has 1 heterocycles. The zero-order chi connectivity index (χ0) is 13.2. The molecule has 0 aromatic carbocycles. The van der Waals surface area contributed by atoms with Crippen molar-refractivity contribution in [2.45, 2.75) is 38.6 Å². The van der Waals surface area contributed by atoms with E-state index in [0.29, 0.717) is 18.2 Å². The van der Waals surface area contributed by atoms with E-state index < -0.39 is 12.0 Å². The van der Waals surface area contributed by atoms with E-state index in [9.17, 15) is 9.59 Å². The lowest BCUT2D eigenvalue weighted by Crippen LogP contribution is -2.48. The van der Waals surface area contributed by atoms with Gasteiger partial charge in [0.25, 0.3) is 0 Å². The molecule has 0 bridgehead atoms. The monoisotopic (exact) mass is 272 g/mol. The third-order valence-electron chi connectivity index (χ3n) is 3.91. The molecule has 1 saturated heterocycles. The fourth-order valence-corrected chi connectivity index (χ4v) is 3.79. The van der Waals surface area contributed by atoms with E-state index in [1.807, 2.05) is 0 Å². The first-order valence-corrected chi connectivity index (χ1v) is 7.52. The fraction of sp³-hybridized carbons (Fsp3) is 0.833. The lowest BCUT2D eigenvalue weighted by molar-refractivity contribution is -0.140. The summed E-state index contributed by atoms with van der Waals surface area (Å²) >= 11 is 1.49. The van der Waals surface area contributed by atoms with Crippen molar-refractivity contribution in [1.82, 2.24) is 10.2 Å². The number of carbonyl (C=O) groups excluding carboxylic acids is 1. The van der Waals surface area contributed by atoms with Gasteiger partial charge in [-0.25, -0.2) is 9.59 Å². The second-order valence-electron chi connectivity index (χ2n) is 5.50. The van der Waals surface area contributed by atoms with Gasteiger partial charge in [0.1, 0.15) is 6.04 Å². The Morgan fingerprint density at radius 1 is 1.44 bits per heavy atom. The van der Waals surface area contributed by atoms with Gasteiger partial charge in [0.05, 0.1) is 5.88 Å². The highest BCUT2D eigenvalue weighted by molar-refractivity contribution is 7.99. The van der Waals surface area contributed by atoms with E-state index >= 15 is 0 Å². The van der Waals surface area contributed by atoms with E-state index in [4.69, 9.17) is 5.11 Å². The number of urea groups is 1. The molecule has 0 aromatic heterocycles. The van der Waals surface area contributed by atoms with Crippen LogP contribution in [0.3, 0.4) is 0 Å². The van der Waals surface area contributed by atoms with Gasteiger partial charge in [0, 0.05) is 12.3 Å². The maximum Gasteiger partial charge on any atom is 0.327 e. The summed E-state index contributed by atoms with van der Waals surface area (Å²) in [6.07, 6.45) is 4.74. The van der Waals surface area contributed by atoms with Crippen LogP contribution in [0.5, 0.6) is 0 Å². The third kappa shape index (κ3) is 2.91. The van der Waals surface area contributed by atoms with Gasteiger partial charge in [-0.3, -0.25) is 0 Å². The molecule has 1 saturated carbocycles. The van der Waals surface area contributed by atoms with E-state index in [-0.39, 0.29) is 11.4 Å². The maximum atomic E-state index is 12.0. The van der Waals surface area contributed by atoms with Crippen molar-refractivity contribution >= 4 is 23.8 Å². The average Bonchev–Trinajstić information content (AvgIpc) is 2.95. The van der Waals surface area contributed by atoms with Crippen LogP contribution in [0, 0.1) is 5.41 Å². The zero-order valence-corrected chi connectivity index (χ0v) is 11.5. The number of hydrogen-bond acceptors (Lipinski definition) is 3. The molecule has 2 fully saturated rings. The minimum absolute atomic E-state index is 0.196. The third-order valence-corrected chi connectivity index (χ3v) is 4.92. The quantitative estimate of drug-likeness (QED) is 0.821. The first-order chi connectivity index (χ1) is 8.52. The highest BCUT2D eigenvalue weighted by atomic mass is 32.2. The number of nitrogens with one attached hydrogen (secondary N) is 1. The molecule has 2 rings (SSSR count). The van der Waals surface area contributed by atoms with Gasteiger partial charge in [-0.2, -0.15) is 0 Å². The fourth-order valence-electron chi connectivity index (χ4n) is 2.64. The number of aliphatic carboxylic acids is 1. The Kier molecular flexibility index (Phi) is 4.04. The molecule has 6 heteroatoms. The first-order valence-electron chi connectivity index (χ1n) is 6.37. The van der Waals surface area contributed by atoms with Crippen LogP contribution in [-0.2, 0) is 4.79 Å². The molecule has 1 atom stereocenters. The van der Waals surface area contributed by atoms with Crippen molar-refractivity contribution in [2.24, 2.45) is 5.41 Å². The second kappa shape index (κ2) is 5.38. The predicted octanol–water partition coefficient (Wildman–Crippen LogP) is 1.74. The lowest BCUT2D eigenvalue weighted by Gasteiger charge is -2.27. The van der Waals surface area contributed by atoms with Crippen molar-refractivity contribution < 1.29 is 14.7 Å². The van der Waals surface area contributed by atoms with Crippen LogP contribution in [0.2, 0.25) is 0 Å². The lowest BCUT2D eigenvalue weighted by atomic mass is 9.89. The van der Waals surface area contributed by atoms with Crippen LogP contribution in [0.25, 0.3) is 0 Å². The Hall–Kier alpha value is -0.910. The summed E-state index contributed by atoms with van der Waals surface area (Å²) in [4.78, 5) is 24.4. The Bertz CT molecular complexity index is 342. The van der Waals surface area contributed by atoms with Crippen molar-refractivity contribution in [3.05, 3.63) is 0 Å². The Morgan fingerprint density at radius 2 is 2.11 bits per heavy atom. The van der Waals surface area contributed by atoms with Crippen molar-refractivity contribution in [3.63, 3.8) is 0 Å². The van der Waals surface area contributed by atoms with Crippen LogP contribution in [0.15, 0.2) is 0 Å². The van der Waals surface area contributed by atoms with Gasteiger partial charge in [-0.05, 0) is 18.3 Å². The molecule has 1 aliphatic heterocycles. The topological polar surface area (TPSA) is 69.6 Å². The summed E-state index contributed by atoms with van der Waals surface area (Å²) in [6.45, 7) is 2.84. The number of rotatable bonds is 3. The molecule has 0 unspecified atom stereocenters. The summed E-state index contributed by atoms with van der Waals surface area (Å²) < 4.78 is 0. The summed E-state index contributed by atoms with van der Waals surface area (Å²) in [7, 11) is 0. The van der Waals surface area contributed by atoms with Gasteiger partial charge < -0.3 is 15.3 Å². The van der Waals surface area contributed by atoms with E-state index in [1.165, 1.54) is 29.5 Å². The van der Waals surface area contributed by atoms with E-state index in [2.05, 4.69) is 12.2 Å². The molecule has 2 N–H and O–H groups in total. The van der Waals surface area contributed by atoms with Crippen molar-refractivity contribution in [1.29, 1.82) is 0 Å². The second-order valence-corrected chi connectivity index (χ2v) is 6.50. The number of carboxylic acid groups (broad SMARTS) is 1. The summed E-state index contributed by atoms with van der Waals surface area (Å²) in [5.41, 5.74) is 0.196. The zero-order valence-electron chi connectivity index (χ0n) is 10.6. The molecule has 0 aromatic rings. The summed E-state index contributed by atoms with van der Waals surface area (Å²) in [6, 6.07) is -0.910. The standard InChI is InChI=1S/C12H20N2O3S/c1-12(4-2-3-5-12)7-13-11(17)14-8-18-6-9(14)10(15)16/h9H,2-8H2,1H3,(H,13,17)(H,15,16)/t9-/m1/s1. The van der Waals surface area contributed by atoms with Crippen LogP contribution < -0.4 is 5.32 Å². The smallest absolute Gasteiger partial charge is 0.327 e. The Balaban J connectivity index is 1.86. The van der Waals surface area contributed by atoms with Crippen LogP contribution >= 0.6 is 11.8 Å². The van der Waals surface area contributed by atoms with E-state index in [0.717, 1.165) is 12.8 Å². The molecule has 102 valence electrons. The molecule has 0 spiro atoms. The normalized spacial score (nSPS) is 26.3.